The average Bonchev–Trinajstić information content (AvgIpc) is 2.93. The van der Waals surface area contributed by atoms with Crippen LogP contribution in [0.3, 0.4) is 0 Å². The molecule has 3 aromatic rings. The van der Waals surface area contributed by atoms with Crippen LogP contribution in [0.1, 0.15) is 0 Å². The van der Waals surface area contributed by atoms with Gasteiger partial charge >= 0.3 is 0 Å². The fourth-order valence-electron chi connectivity index (χ4n) is 1.66. The Hall–Kier alpha value is -2.27. The minimum absolute atomic E-state index is 0.160. The van der Waals surface area contributed by atoms with Crippen LogP contribution in [0.5, 0.6) is 0 Å². The van der Waals surface area contributed by atoms with Crippen molar-refractivity contribution in [3.63, 3.8) is 0 Å². The minimum Gasteiger partial charge on any atom is -0.306 e. The summed E-state index contributed by atoms with van der Waals surface area (Å²) in [6.45, 7) is 0. The maximum absolute atomic E-state index is 11.7. The molecule has 0 aliphatic carbocycles. The van der Waals surface area contributed by atoms with Crippen molar-refractivity contribution in [2.75, 3.05) is 0 Å². The van der Waals surface area contributed by atoms with Gasteiger partial charge < -0.3 is 4.98 Å². The normalized spacial score (nSPS) is 10.4. The number of aromatic nitrogens is 3. The molecule has 0 aliphatic heterocycles. The topological polar surface area (TPSA) is 58.6 Å². The van der Waals surface area contributed by atoms with Gasteiger partial charge in [-0.05, 0) is 0 Å². The van der Waals surface area contributed by atoms with Crippen molar-refractivity contribution in [2.24, 2.45) is 0 Å². The van der Waals surface area contributed by atoms with Gasteiger partial charge in [-0.3, -0.25) is 9.78 Å². The van der Waals surface area contributed by atoms with Gasteiger partial charge in [0, 0.05) is 17.8 Å². The minimum atomic E-state index is -0.160. The molecule has 4 nitrogen and oxygen atoms in total. The SMILES string of the molecule is O=c1cc(-c2ccccc2)nc(-c2cncs2)[nH]1. The van der Waals surface area contributed by atoms with Crippen molar-refractivity contribution < 1.29 is 0 Å². The maximum atomic E-state index is 11.7. The third-order valence-electron chi connectivity index (χ3n) is 2.48. The summed E-state index contributed by atoms with van der Waals surface area (Å²) < 4.78 is 0. The second-order valence-electron chi connectivity index (χ2n) is 3.71. The number of aromatic amines is 1. The molecular weight excluding hydrogens is 246 g/mol. The van der Waals surface area contributed by atoms with E-state index in [-0.39, 0.29) is 5.56 Å². The quantitative estimate of drug-likeness (QED) is 0.765. The van der Waals surface area contributed by atoms with Crippen molar-refractivity contribution in [1.82, 2.24) is 15.0 Å². The van der Waals surface area contributed by atoms with Crippen LogP contribution in [0.15, 0.2) is 52.9 Å². The molecule has 88 valence electrons. The molecule has 2 aromatic heterocycles. The van der Waals surface area contributed by atoms with Crippen molar-refractivity contribution >= 4 is 11.3 Å². The van der Waals surface area contributed by atoms with E-state index >= 15 is 0 Å². The lowest BCUT2D eigenvalue weighted by Gasteiger charge is -2.02. The molecule has 2 heterocycles. The number of rotatable bonds is 2. The van der Waals surface area contributed by atoms with Crippen LogP contribution in [-0.2, 0) is 0 Å². The van der Waals surface area contributed by atoms with E-state index in [1.807, 2.05) is 30.3 Å². The smallest absolute Gasteiger partial charge is 0.251 e. The molecule has 0 saturated heterocycles. The summed E-state index contributed by atoms with van der Waals surface area (Å²) in [6.07, 6.45) is 1.69. The molecule has 0 fully saturated rings. The van der Waals surface area contributed by atoms with Crippen LogP contribution in [0.25, 0.3) is 22.0 Å². The summed E-state index contributed by atoms with van der Waals surface area (Å²) in [5.74, 6) is 0.559. The van der Waals surface area contributed by atoms with Gasteiger partial charge in [-0.25, -0.2) is 4.98 Å². The third kappa shape index (κ3) is 2.08. The lowest BCUT2D eigenvalue weighted by molar-refractivity contribution is 1.14. The summed E-state index contributed by atoms with van der Waals surface area (Å²) in [6, 6.07) is 11.1. The third-order valence-corrected chi connectivity index (χ3v) is 3.26. The Balaban J connectivity index is 2.15. The Kier molecular flexibility index (Phi) is 2.74. The highest BCUT2D eigenvalue weighted by Gasteiger charge is 2.06. The lowest BCUT2D eigenvalue weighted by Crippen LogP contribution is -2.08. The Morgan fingerprint density at radius 3 is 2.72 bits per heavy atom. The second kappa shape index (κ2) is 4.54. The predicted molar refractivity (Wildman–Crippen MR) is 71.4 cm³/mol. The van der Waals surface area contributed by atoms with E-state index < -0.39 is 0 Å². The molecule has 1 aromatic carbocycles. The standard InChI is InChI=1S/C13H9N3OS/c17-12-6-10(9-4-2-1-3-5-9)15-13(16-12)11-7-14-8-18-11/h1-8H,(H,15,16,17). The van der Waals surface area contributed by atoms with E-state index in [4.69, 9.17) is 0 Å². The van der Waals surface area contributed by atoms with Gasteiger partial charge in [0.1, 0.15) is 0 Å². The fourth-order valence-corrected chi connectivity index (χ4v) is 2.23. The Bertz CT molecular complexity index is 705. The van der Waals surface area contributed by atoms with E-state index in [1.165, 1.54) is 17.4 Å². The van der Waals surface area contributed by atoms with Gasteiger partial charge in [0.05, 0.1) is 16.1 Å². The molecule has 0 unspecified atom stereocenters. The molecule has 3 rings (SSSR count). The van der Waals surface area contributed by atoms with Crippen LogP contribution >= 0.6 is 11.3 Å². The zero-order chi connectivity index (χ0) is 12.4. The molecule has 0 spiro atoms. The van der Waals surface area contributed by atoms with Crippen molar-refractivity contribution in [3.05, 3.63) is 58.5 Å². The summed E-state index contributed by atoms with van der Waals surface area (Å²) in [5, 5.41) is 0. The van der Waals surface area contributed by atoms with E-state index in [9.17, 15) is 4.79 Å². The number of nitrogens with one attached hydrogen (secondary N) is 1. The van der Waals surface area contributed by atoms with Crippen molar-refractivity contribution in [2.45, 2.75) is 0 Å². The van der Waals surface area contributed by atoms with Crippen molar-refractivity contribution in [1.29, 1.82) is 0 Å². The number of nitrogens with zero attached hydrogens (tertiary/aromatic N) is 2. The molecule has 0 amide bonds. The second-order valence-corrected chi connectivity index (χ2v) is 4.60. The van der Waals surface area contributed by atoms with Gasteiger partial charge in [0.15, 0.2) is 5.82 Å². The highest BCUT2D eigenvalue weighted by atomic mass is 32.1. The number of thiazole rings is 1. The molecular formula is C13H9N3OS. The Morgan fingerprint density at radius 1 is 1.17 bits per heavy atom. The van der Waals surface area contributed by atoms with Crippen molar-refractivity contribution in [3.8, 4) is 22.0 Å². The summed E-state index contributed by atoms with van der Waals surface area (Å²) in [4.78, 5) is 23.7. The largest absolute Gasteiger partial charge is 0.306 e. The first-order valence-corrected chi connectivity index (χ1v) is 6.26. The van der Waals surface area contributed by atoms with Gasteiger partial charge in [0.2, 0.25) is 0 Å². The van der Waals surface area contributed by atoms with Crippen LogP contribution in [0.4, 0.5) is 0 Å². The fraction of sp³-hybridized carbons (Fsp3) is 0. The number of benzene rings is 1. The van der Waals surface area contributed by atoms with Crippen LogP contribution in [0.2, 0.25) is 0 Å². The molecule has 5 heteroatoms. The highest BCUT2D eigenvalue weighted by molar-refractivity contribution is 7.13. The van der Waals surface area contributed by atoms with Gasteiger partial charge in [0.25, 0.3) is 5.56 Å². The lowest BCUT2D eigenvalue weighted by atomic mass is 10.1. The van der Waals surface area contributed by atoms with Crippen LogP contribution in [-0.4, -0.2) is 15.0 Å². The van der Waals surface area contributed by atoms with E-state index in [2.05, 4.69) is 15.0 Å². The maximum Gasteiger partial charge on any atom is 0.251 e. The molecule has 0 bridgehead atoms. The first-order valence-electron chi connectivity index (χ1n) is 5.38. The Labute approximate surface area is 107 Å². The summed E-state index contributed by atoms with van der Waals surface area (Å²) >= 11 is 1.44. The molecule has 1 N–H and O–H groups in total. The van der Waals surface area contributed by atoms with E-state index in [1.54, 1.807) is 11.7 Å². The van der Waals surface area contributed by atoms with Gasteiger partial charge in [-0.1, -0.05) is 30.3 Å². The van der Waals surface area contributed by atoms with Gasteiger partial charge in [-0.15, -0.1) is 11.3 Å². The summed E-state index contributed by atoms with van der Waals surface area (Å²) in [5.41, 5.74) is 3.15. The number of hydrogen-bond acceptors (Lipinski definition) is 4. The predicted octanol–water partition coefficient (Wildman–Crippen LogP) is 2.56. The number of H-pyrrole nitrogens is 1. The monoisotopic (exact) mass is 255 g/mol. The zero-order valence-electron chi connectivity index (χ0n) is 9.33. The van der Waals surface area contributed by atoms with Crippen LogP contribution in [0, 0.1) is 0 Å². The zero-order valence-corrected chi connectivity index (χ0v) is 10.1. The molecule has 18 heavy (non-hydrogen) atoms. The first-order chi connectivity index (χ1) is 8.83. The number of hydrogen-bond donors (Lipinski definition) is 1. The van der Waals surface area contributed by atoms with E-state index in [0.29, 0.717) is 11.5 Å². The molecule has 0 saturated carbocycles. The van der Waals surface area contributed by atoms with Gasteiger partial charge in [-0.2, -0.15) is 0 Å². The Morgan fingerprint density at radius 2 is 2.00 bits per heavy atom. The summed E-state index contributed by atoms with van der Waals surface area (Å²) in [7, 11) is 0. The first kappa shape index (κ1) is 10.9. The molecule has 0 aliphatic rings. The van der Waals surface area contributed by atoms with Crippen LogP contribution < -0.4 is 5.56 Å². The highest BCUT2D eigenvalue weighted by Crippen LogP contribution is 2.21. The average molecular weight is 255 g/mol. The molecule has 0 radical (unpaired) electrons. The molecule has 0 atom stereocenters. The van der Waals surface area contributed by atoms with E-state index in [0.717, 1.165) is 10.4 Å².